The van der Waals surface area contributed by atoms with Gasteiger partial charge in [0.1, 0.15) is 0 Å². The van der Waals surface area contributed by atoms with Crippen molar-refractivity contribution in [3.63, 3.8) is 0 Å². The lowest BCUT2D eigenvalue weighted by Gasteiger charge is -2.29. The minimum atomic E-state index is -5.33. The Kier molecular flexibility index (Phi) is 3.93. The molecule has 5 nitrogen and oxygen atoms in total. The Bertz CT molecular complexity index is 657. The van der Waals surface area contributed by atoms with Gasteiger partial charge in [-0.3, -0.25) is 14.3 Å². The van der Waals surface area contributed by atoms with Crippen molar-refractivity contribution in [1.82, 2.24) is 9.55 Å². The number of aromatic amines is 1. The number of aliphatic hydroxyl groups is 1. The Morgan fingerprint density at radius 1 is 1.57 bits per heavy atom. The van der Waals surface area contributed by atoms with E-state index < -0.39 is 53.4 Å². The monoisotopic (exact) mass is 332 g/mol. The fourth-order valence-electron chi connectivity index (χ4n) is 2.05. The van der Waals surface area contributed by atoms with Crippen LogP contribution in [0.2, 0.25) is 0 Å². The molecule has 11 heteroatoms. The number of rotatable bonds is 2. The number of hydrogen-bond donors (Lipinski definition) is 2. The Balaban J connectivity index is 2.58. The number of nitrogens with one attached hydrogen (secondary N) is 1. The zero-order chi connectivity index (χ0) is 16.0. The van der Waals surface area contributed by atoms with Crippen molar-refractivity contribution in [1.29, 1.82) is 0 Å². The SMILES string of the molecule is O=c1[nH]c(=S)n([C@@H]2O[C@H](CO)CC2(F)C(F)(F)F)cc1F. The van der Waals surface area contributed by atoms with Gasteiger partial charge in [-0.15, -0.1) is 0 Å². The third kappa shape index (κ3) is 2.60. The fraction of sp³-hybridized carbons (Fsp3) is 0.600. The summed E-state index contributed by atoms with van der Waals surface area (Å²) in [6, 6.07) is 0. The molecule has 1 aromatic rings. The largest absolute Gasteiger partial charge is 0.427 e. The fourth-order valence-corrected chi connectivity index (χ4v) is 2.30. The molecule has 0 amide bonds. The maximum Gasteiger partial charge on any atom is 0.427 e. The van der Waals surface area contributed by atoms with E-state index in [4.69, 9.17) is 9.84 Å². The van der Waals surface area contributed by atoms with Crippen LogP contribution in [0.3, 0.4) is 0 Å². The second kappa shape index (κ2) is 5.14. The van der Waals surface area contributed by atoms with E-state index in [9.17, 15) is 26.7 Å². The molecule has 1 unspecified atom stereocenters. The second-order valence-electron chi connectivity index (χ2n) is 4.50. The summed E-state index contributed by atoms with van der Waals surface area (Å²) in [5.41, 5.74) is -5.12. The van der Waals surface area contributed by atoms with Gasteiger partial charge in [0.15, 0.2) is 11.0 Å². The van der Waals surface area contributed by atoms with Gasteiger partial charge in [-0.1, -0.05) is 0 Å². The van der Waals surface area contributed by atoms with Gasteiger partial charge in [-0.25, -0.2) is 4.39 Å². The molecule has 118 valence electrons. The first-order valence-electron chi connectivity index (χ1n) is 5.63. The molecule has 1 aliphatic heterocycles. The second-order valence-corrected chi connectivity index (χ2v) is 4.89. The first kappa shape index (κ1) is 16.0. The highest BCUT2D eigenvalue weighted by molar-refractivity contribution is 7.71. The van der Waals surface area contributed by atoms with Crippen LogP contribution in [0.5, 0.6) is 0 Å². The van der Waals surface area contributed by atoms with Crippen molar-refractivity contribution in [3.05, 3.63) is 27.1 Å². The third-order valence-electron chi connectivity index (χ3n) is 3.09. The zero-order valence-corrected chi connectivity index (χ0v) is 11.0. The van der Waals surface area contributed by atoms with E-state index in [1.807, 2.05) is 0 Å². The number of halogens is 5. The Hall–Kier alpha value is -1.33. The number of nitrogens with zero attached hydrogens (tertiary/aromatic N) is 1. The summed E-state index contributed by atoms with van der Waals surface area (Å²) in [7, 11) is 0. The average molecular weight is 332 g/mol. The molecule has 1 aromatic heterocycles. The Morgan fingerprint density at radius 3 is 2.71 bits per heavy atom. The highest BCUT2D eigenvalue weighted by Gasteiger charge is 2.67. The number of alkyl halides is 4. The molecule has 0 radical (unpaired) electrons. The third-order valence-corrected chi connectivity index (χ3v) is 3.40. The molecule has 1 saturated heterocycles. The van der Waals surface area contributed by atoms with Gasteiger partial charge in [0.05, 0.1) is 18.9 Å². The molecule has 0 spiro atoms. The van der Waals surface area contributed by atoms with Gasteiger partial charge in [-0.05, 0) is 12.2 Å². The highest BCUT2D eigenvalue weighted by atomic mass is 32.1. The maximum atomic E-state index is 14.4. The lowest BCUT2D eigenvalue weighted by molar-refractivity contribution is -0.256. The van der Waals surface area contributed by atoms with Crippen molar-refractivity contribution in [2.45, 2.75) is 30.6 Å². The van der Waals surface area contributed by atoms with Gasteiger partial charge in [0.25, 0.3) is 11.2 Å². The van der Waals surface area contributed by atoms with Crippen LogP contribution in [0.25, 0.3) is 0 Å². The van der Waals surface area contributed by atoms with E-state index in [2.05, 4.69) is 12.2 Å². The number of hydrogen-bond acceptors (Lipinski definition) is 4. The molecule has 1 fully saturated rings. The summed E-state index contributed by atoms with van der Waals surface area (Å²) >= 11 is 4.60. The summed E-state index contributed by atoms with van der Waals surface area (Å²) in [5.74, 6) is -1.44. The van der Waals surface area contributed by atoms with Crippen molar-refractivity contribution in [2.75, 3.05) is 6.61 Å². The van der Waals surface area contributed by atoms with E-state index in [-0.39, 0.29) is 0 Å². The molecule has 0 aromatic carbocycles. The van der Waals surface area contributed by atoms with E-state index >= 15 is 0 Å². The van der Waals surface area contributed by atoms with Crippen LogP contribution >= 0.6 is 12.2 Å². The standard InChI is InChI=1S/C10H9F5N2O3S/c11-5-2-17(8(21)16-6(5)19)7-9(12,10(13,14)15)1-4(3-18)20-7/h2,4,7,18H,1,3H2,(H,16,19,21)/t4-,7+,9?/m0/s1. The highest BCUT2D eigenvalue weighted by Crippen LogP contribution is 2.51. The summed E-state index contributed by atoms with van der Waals surface area (Å²) in [6.07, 6.45) is -9.93. The Morgan fingerprint density at radius 2 is 2.19 bits per heavy atom. The molecular weight excluding hydrogens is 323 g/mol. The van der Waals surface area contributed by atoms with Crippen LogP contribution in [0.1, 0.15) is 12.6 Å². The minimum Gasteiger partial charge on any atom is -0.394 e. The lowest BCUT2D eigenvalue weighted by atomic mass is 9.99. The van der Waals surface area contributed by atoms with Gasteiger partial charge in [0, 0.05) is 6.42 Å². The quantitative estimate of drug-likeness (QED) is 0.638. The predicted molar refractivity (Wildman–Crippen MR) is 61.4 cm³/mol. The van der Waals surface area contributed by atoms with Gasteiger partial charge >= 0.3 is 6.18 Å². The van der Waals surface area contributed by atoms with Crippen molar-refractivity contribution in [2.24, 2.45) is 0 Å². The number of ether oxygens (including phenoxy) is 1. The number of H-pyrrole nitrogens is 1. The van der Waals surface area contributed by atoms with Crippen LogP contribution in [-0.2, 0) is 4.74 Å². The summed E-state index contributed by atoms with van der Waals surface area (Å²) in [5, 5.41) is 8.87. The van der Waals surface area contributed by atoms with Gasteiger partial charge < -0.3 is 9.84 Å². The molecule has 21 heavy (non-hydrogen) atoms. The van der Waals surface area contributed by atoms with Crippen molar-refractivity contribution < 1.29 is 31.8 Å². The van der Waals surface area contributed by atoms with Crippen LogP contribution in [0.4, 0.5) is 22.0 Å². The van der Waals surface area contributed by atoms with Gasteiger partial charge in [-0.2, -0.15) is 17.6 Å². The number of aromatic nitrogens is 2. The van der Waals surface area contributed by atoms with Gasteiger partial charge in [0.2, 0.25) is 5.82 Å². The molecular formula is C10H9F5N2O3S. The summed E-state index contributed by atoms with van der Waals surface area (Å²) < 4.78 is 70.9. The van der Waals surface area contributed by atoms with Crippen molar-refractivity contribution in [3.8, 4) is 0 Å². The molecule has 0 bridgehead atoms. The molecule has 3 atom stereocenters. The first-order valence-corrected chi connectivity index (χ1v) is 6.04. The zero-order valence-electron chi connectivity index (χ0n) is 10.2. The molecule has 0 saturated carbocycles. The topological polar surface area (TPSA) is 67.2 Å². The van der Waals surface area contributed by atoms with Crippen LogP contribution < -0.4 is 5.56 Å². The summed E-state index contributed by atoms with van der Waals surface area (Å²) in [4.78, 5) is 12.8. The Labute approximate surface area is 119 Å². The lowest BCUT2D eigenvalue weighted by Crippen LogP contribution is -2.46. The van der Waals surface area contributed by atoms with Crippen molar-refractivity contribution >= 4 is 12.2 Å². The summed E-state index contributed by atoms with van der Waals surface area (Å²) in [6.45, 7) is -0.850. The first-order chi connectivity index (χ1) is 9.60. The van der Waals surface area contributed by atoms with E-state index in [1.54, 1.807) is 4.98 Å². The van der Waals surface area contributed by atoms with Crippen LogP contribution in [0, 0.1) is 10.6 Å². The number of aliphatic hydroxyl groups excluding tert-OH is 1. The van der Waals surface area contributed by atoms with E-state index in [0.717, 1.165) is 0 Å². The minimum absolute atomic E-state index is 0.339. The molecule has 2 heterocycles. The molecule has 0 aliphatic carbocycles. The van der Waals surface area contributed by atoms with E-state index in [1.165, 1.54) is 0 Å². The molecule has 1 aliphatic rings. The van der Waals surface area contributed by atoms with Crippen LogP contribution in [0.15, 0.2) is 11.0 Å². The average Bonchev–Trinajstić information content (AvgIpc) is 2.72. The smallest absolute Gasteiger partial charge is 0.394 e. The predicted octanol–water partition coefficient (Wildman–Crippen LogP) is 1.60. The molecule has 2 N–H and O–H groups in total. The maximum absolute atomic E-state index is 14.4. The van der Waals surface area contributed by atoms with E-state index in [0.29, 0.717) is 10.8 Å². The normalized spacial score (nSPS) is 29.8. The molecule has 2 rings (SSSR count). The van der Waals surface area contributed by atoms with Crippen LogP contribution in [-0.4, -0.2) is 39.2 Å².